The molecule has 90 valence electrons. The standard InChI is InChI=1S/C11H11BrN2O2S/c1-6-7(5-10(15)16)14(2)13-11(6)8-3-4-9(12)17-8/h3-4H,5H2,1-2H3,(H,15,16). The summed E-state index contributed by atoms with van der Waals surface area (Å²) in [5, 5.41) is 13.2. The second-order valence-electron chi connectivity index (χ2n) is 3.72. The SMILES string of the molecule is Cc1c(-c2ccc(Br)s2)nn(C)c1CC(=O)O. The summed E-state index contributed by atoms with van der Waals surface area (Å²) in [6.07, 6.45) is 0.00186. The number of carbonyl (C=O) groups is 1. The van der Waals surface area contributed by atoms with Crippen LogP contribution in [-0.4, -0.2) is 20.9 Å². The van der Waals surface area contributed by atoms with Crippen LogP contribution in [0.5, 0.6) is 0 Å². The van der Waals surface area contributed by atoms with Crippen LogP contribution in [0.1, 0.15) is 11.3 Å². The predicted molar refractivity (Wildman–Crippen MR) is 70.3 cm³/mol. The lowest BCUT2D eigenvalue weighted by atomic mass is 10.1. The quantitative estimate of drug-likeness (QED) is 0.947. The number of halogens is 1. The number of nitrogens with zero attached hydrogens (tertiary/aromatic N) is 2. The molecular formula is C11H11BrN2O2S. The molecule has 0 aliphatic heterocycles. The van der Waals surface area contributed by atoms with E-state index in [1.54, 1.807) is 23.1 Å². The van der Waals surface area contributed by atoms with Crippen molar-refractivity contribution in [3.8, 4) is 10.6 Å². The van der Waals surface area contributed by atoms with Gasteiger partial charge in [0.25, 0.3) is 0 Å². The van der Waals surface area contributed by atoms with Crippen LogP contribution in [0.2, 0.25) is 0 Å². The Kier molecular flexibility index (Phi) is 3.35. The van der Waals surface area contributed by atoms with E-state index in [0.29, 0.717) is 0 Å². The van der Waals surface area contributed by atoms with Crippen molar-refractivity contribution in [1.29, 1.82) is 0 Å². The number of aromatic nitrogens is 2. The van der Waals surface area contributed by atoms with Crippen LogP contribution in [0.4, 0.5) is 0 Å². The molecule has 0 aliphatic rings. The van der Waals surface area contributed by atoms with Crippen molar-refractivity contribution in [2.75, 3.05) is 0 Å². The first-order chi connectivity index (χ1) is 7.99. The summed E-state index contributed by atoms with van der Waals surface area (Å²) in [6.45, 7) is 1.91. The largest absolute Gasteiger partial charge is 0.481 e. The van der Waals surface area contributed by atoms with E-state index in [4.69, 9.17) is 5.11 Å². The highest BCUT2D eigenvalue weighted by Crippen LogP contribution is 2.33. The third kappa shape index (κ3) is 2.42. The Hall–Kier alpha value is -1.14. The molecule has 0 radical (unpaired) electrons. The zero-order valence-corrected chi connectivity index (χ0v) is 11.8. The van der Waals surface area contributed by atoms with Crippen LogP contribution in [0, 0.1) is 6.92 Å². The minimum absolute atomic E-state index is 0.00186. The topological polar surface area (TPSA) is 55.1 Å². The van der Waals surface area contributed by atoms with Crippen molar-refractivity contribution in [2.45, 2.75) is 13.3 Å². The lowest BCUT2D eigenvalue weighted by Gasteiger charge is -1.98. The van der Waals surface area contributed by atoms with E-state index in [2.05, 4.69) is 21.0 Å². The van der Waals surface area contributed by atoms with E-state index in [-0.39, 0.29) is 6.42 Å². The summed E-state index contributed by atoms with van der Waals surface area (Å²) in [4.78, 5) is 11.8. The molecule has 4 nitrogen and oxygen atoms in total. The van der Waals surface area contributed by atoms with Gasteiger partial charge in [-0.15, -0.1) is 11.3 Å². The number of thiophene rings is 1. The fraction of sp³-hybridized carbons (Fsp3) is 0.273. The maximum atomic E-state index is 10.8. The molecule has 0 saturated carbocycles. The predicted octanol–water partition coefficient (Wildman–Crippen LogP) is 2.85. The minimum atomic E-state index is -0.838. The van der Waals surface area contributed by atoms with Gasteiger partial charge in [-0.25, -0.2) is 0 Å². The first-order valence-corrected chi connectivity index (χ1v) is 6.60. The van der Waals surface area contributed by atoms with E-state index >= 15 is 0 Å². The third-order valence-electron chi connectivity index (χ3n) is 2.55. The van der Waals surface area contributed by atoms with Gasteiger partial charge in [0.15, 0.2) is 0 Å². The number of aliphatic carboxylic acids is 1. The number of hydrogen-bond acceptors (Lipinski definition) is 3. The van der Waals surface area contributed by atoms with E-state index < -0.39 is 5.97 Å². The average Bonchev–Trinajstić information content (AvgIpc) is 2.76. The van der Waals surface area contributed by atoms with E-state index in [1.807, 2.05) is 19.1 Å². The smallest absolute Gasteiger partial charge is 0.309 e. The van der Waals surface area contributed by atoms with Crippen molar-refractivity contribution in [1.82, 2.24) is 9.78 Å². The van der Waals surface area contributed by atoms with Gasteiger partial charge in [0.2, 0.25) is 0 Å². The summed E-state index contributed by atoms with van der Waals surface area (Å²) in [5.41, 5.74) is 2.54. The molecule has 2 aromatic heterocycles. The van der Waals surface area contributed by atoms with Gasteiger partial charge in [-0.1, -0.05) is 0 Å². The number of hydrogen-bond donors (Lipinski definition) is 1. The lowest BCUT2D eigenvalue weighted by Crippen LogP contribution is -2.06. The maximum Gasteiger partial charge on any atom is 0.309 e. The molecule has 0 amide bonds. The molecule has 2 heterocycles. The molecule has 1 N–H and O–H groups in total. The van der Waals surface area contributed by atoms with Gasteiger partial charge < -0.3 is 5.11 Å². The number of rotatable bonds is 3. The normalized spacial score (nSPS) is 10.8. The van der Waals surface area contributed by atoms with Crippen molar-refractivity contribution in [3.63, 3.8) is 0 Å². The average molecular weight is 315 g/mol. The summed E-state index contributed by atoms with van der Waals surface area (Å²) in [5.74, 6) is -0.838. The number of carboxylic acids is 1. The molecule has 0 bridgehead atoms. The molecule has 2 aromatic rings. The highest BCUT2D eigenvalue weighted by molar-refractivity contribution is 9.11. The molecule has 0 unspecified atom stereocenters. The fourth-order valence-electron chi connectivity index (χ4n) is 1.73. The Morgan fingerprint density at radius 2 is 2.29 bits per heavy atom. The van der Waals surface area contributed by atoms with Crippen molar-refractivity contribution >= 4 is 33.2 Å². The van der Waals surface area contributed by atoms with Gasteiger partial charge in [-0.05, 0) is 40.5 Å². The van der Waals surface area contributed by atoms with Gasteiger partial charge >= 0.3 is 5.97 Å². The second-order valence-corrected chi connectivity index (χ2v) is 6.18. The second kappa shape index (κ2) is 4.62. The van der Waals surface area contributed by atoms with Gasteiger partial charge in [0.05, 0.1) is 20.8 Å². The molecule has 0 fully saturated rings. The van der Waals surface area contributed by atoms with Gasteiger partial charge in [-0.2, -0.15) is 5.10 Å². The van der Waals surface area contributed by atoms with Crippen LogP contribution >= 0.6 is 27.3 Å². The van der Waals surface area contributed by atoms with Crippen molar-refractivity contribution in [2.24, 2.45) is 7.05 Å². The zero-order valence-electron chi connectivity index (χ0n) is 9.40. The Bertz CT molecular complexity index is 574. The van der Waals surface area contributed by atoms with Gasteiger partial charge in [-0.3, -0.25) is 9.48 Å². The molecule has 17 heavy (non-hydrogen) atoms. The highest BCUT2D eigenvalue weighted by Gasteiger charge is 2.17. The van der Waals surface area contributed by atoms with E-state index in [9.17, 15) is 4.79 Å². The molecule has 0 atom stereocenters. The first kappa shape index (κ1) is 12.3. The zero-order chi connectivity index (χ0) is 12.6. The minimum Gasteiger partial charge on any atom is -0.481 e. The molecule has 0 spiro atoms. The Balaban J connectivity index is 2.47. The molecule has 0 saturated heterocycles. The van der Waals surface area contributed by atoms with Crippen LogP contribution in [-0.2, 0) is 18.3 Å². The number of carboxylic acid groups (broad SMARTS) is 1. The molecule has 0 aromatic carbocycles. The van der Waals surface area contributed by atoms with Crippen LogP contribution in [0.15, 0.2) is 15.9 Å². The van der Waals surface area contributed by atoms with Crippen LogP contribution < -0.4 is 0 Å². The Labute approximate surface area is 111 Å². The van der Waals surface area contributed by atoms with Crippen molar-refractivity contribution in [3.05, 3.63) is 27.2 Å². The molecule has 0 aliphatic carbocycles. The maximum absolute atomic E-state index is 10.8. The van der Waals surface area contributed by atoms with Crippen LogP contribution in [0.25, 0.3) is 10.6 Å². The third-order valence-corrected chi connectivity index (χ3v) is 4.18. The summed E-state index contributed by atoms with van der Waals surface area (Å²) in [6, 6.07) is 3.94. The first-order valence-electron chi connectivity index (χ1n) is 4.99. The Morgan fingerprint density at radius 1 is 1.59 bits per heavy atom. The highest BCUT2D eigenvalue weighted by atomic mass is 79.9. The van der Waals surface area contributed by atoms with Crippen molar-refractivity contribution < 1.29 is 9.90 Å². The summed E-state index contributed by atoms with van der Waals surface area (Å²) < 4.78 is 2.68. The van der Waals surface area contributed by atoms with E-state index in [0.717, 1.165) is 25.6 Å². The Morgan fingerprint density at radius 3 is 2.82 bits per heavy atom. The van der Waals surface area contributed by atoms with Crippen LogP contribution in [0.3, 0.4) is 0 Å². The number of aryl methyl sites for hydroxylation is 1. The molecular weight excluding hydrogens is 304 g/mol. The summed E-state index contributed by atoms with van der Waals surface area (Å²) in [7, 11) is 1.78. The molecule has 2 rings (SSSR count). The van der Waals surface area contributed by atoms with Gasteiger partial charge in [0.1, 0.15) is 5.69 Å². The van der Waals surface area contributed by atoms with E-state index in [1.165, 1.54) is 0 Å². The fourth-order valence-corrected chi connectivity index (χ4v) is 3.16. The monoisotopic (exact) mass is 314 g/mol. The van der Waals surface area contributed by atoms with Gasteiger partial charge in [0, 0.05) is 7.05 Å². The summed E-state index contributed by atoms with van der Waals surface area (Å²) >= 11 is 5.00. The lowest BCUT2D eigenvalue weighted by molar-refractivity contribution is -0.136. The molecule has 6 heteroatoms.